The van der Waals surface area contributed by atoms with E-state index in [-0.39, 0.29) is 0 Å². The van der Waals surface area contributed by atoms with Crippen molar-refractivity contribution in [3.8, 4) is 0 Å². The number of aromatic nitrogens is 1. The molecule has 0 bridgehead atoms. The van der Waals surface area contributed by atoms with Crippen LogP contribution >= 0.6 is 0 Å². The molecule has 0 aliphatic heterocycles. The van der Waals surface area contributed by atoms with Crippen LogP contribution in [0.3, 0.4) is 0 Å². The fourth-order valence-electron chi connectivity index (χ4n) is 1.32. The summed E-state index contributed by atoms with van der Waals surface area (Å²) >= 11 is 0. The third-order valence-corrected chi connectivity index (χ3v) is 2.74. The predicted octanol–water partition coefficient (Wildman–Crippen LogP) is 1.50. The smallest absolute Gasteiger partial charge is 0.311 e. The minimum absolute atomic E-state index is 0.552. The van der Waals surface area contributed by atoms with E-state index in [0.29, 0.717) is 0 Å². The Morgan fingerprint density at radius 2 is 2.20 bits per heavy atom. The Morgan fingerprint density at radius 3 is 2.67 bits per heavy atom. The van der Waals surface area contributed by atoms with Crippen molar-refractivity contribution in [3.05, 3.63) is 29.6 Å². The normalized spacial score (nSPS) is 13.6. The van der Waals surface area contributed by atoms with E-state index in [1.807, 2.05) is 13.0 Å². The molecule has 1 aromatic rings. The molecule has 15 heavy (non-hydrogen) atoms. The molecule has 3 N–H and O–H groups in total. The number of rotatable bonds is 3. The number of hydrogen-bond acceptors (Lipinski definition) is 3. The second kappa shape index (κ2) is 3.98. The van der Waals surface area contributed by atoms with Gasteiger partial charge in [0.15, 0.2) is 0 Å². The SMILES string of the molecule is Cc1ccncc1C(N)C(C)(C)C(=O)O. The fourth-order valence-corrected chi connectivity index (χ4v) is 1.32. The summed E-state index contributed by atoms with van der Waals surface area (Å²) in [5, 5.41) is 9.06. The molecule has 0 radical (unpaired) electrons. The Labute approximate surface area is 89.1 Å². The van der Waals surface area contributed by atoms with Gasteiger partial charge in [-0.2, -0.15) is 0 Å². The lowest BCUT2D eigenvalue weighted by Gasteiger charge is -2.28. The van der Waals surface area contributed by atoms with E-state index in [1.54, 1.807) is 26.2 Å². The van der Waals surface area contributed by atoms with Gasteiger partial charge in [-0.3, -0.25) is 9.78 Å². The van der Waals surface area contributed by atoms with Crippen LogP contribution in [0, 0.1) is 12.3 Å². The Balaban J connectivity index is 3.10. The molecule has 0 aromatic carbocycles. The Hall–Kier alpha value is -1.42. The minimum atomic E-state index is -0.992. The highest BCUT2D eigenvalue weighted by Gasteiger charge is 2.36. The minimum Gasteiger partial charge on any atom is -0.481 e. The standard InChI is InChI=1S/C11H16N2O2/c1-7-4-5-13-6-8(7)9(12)11(2,3)10(14)15/h4-6,9H,12H2,1-3H3,(H,14,15). The second-order valence-electron chi connectivity index (χ2n) is 4.24. The fraction of sp³-hybridized carbons (Fsp3) is 0.455. The van der Waals surface area contributed by atoms with E-state index in [2.05, 4.69) is 4.98 Å². The van der Waals surface area contributed by atoms with Crippen molar-refractivity contribution in [1.82, 2.24) is 4.98 Å². The Morgan fingerprint density at radius 1 is 1.60 bits per heavy atom. The van der Waals surface area contributed by atoms with Crippen LogP contribution in [0.5, 0.6) is 0 Å². The summed E-state index contributed by atoms with van der Waals surface area (Å²) in [6.07, 6.45) is 3.30. The van der Waals surface area contributed by atoms with Crippen molar-refractivity contribution in [2.45, 2.75) is 26.8 Å². The van der Waals surface area contributed by atoms with Crippen molar-refractivity contribution in [1.29, 1.82) is 0 Å². The Kier molecular flexibility index (Phi) is 3.09. The highest BCUT2D eigenvalue weighted by atomic mass is 16.4. The van der Waals surface area contributed by atoms with Crippen molar-refractivity contribution in [2.75, 3.05) is 0 Å². The maximum Gasteiger partial charge on any atom is 0.311 e. The van der Waals surface area contributed by atoms with Crippen LogP contribution in [0.1, 0.15) is 31.0 Å². The first-order chi connectivity index (χ1) is 6.87. The lowest BCUT2D eigenvalue weighted by atomic mass is 9.80. The molecule has 0 amide bonds. The molecule has 82 valence electrons. The van der Waals surface area contributed by atoms with Crippen LogP contribution in [-0.4, -0.2) is 16.1 Å². The van der Waals surface area contributed by atoms with E-state index in [4.69, 9.17) is 10.8 Å². The predicted molar refractivity (Wildman–Crippen MR) is 57.3 cm³/mol. The van der Waals surface area contributed by atoms with Crippen molar-refractivity contribution >= 4 is 5.97 Å². The van der Waals surface area contributed by atoms with Gasteiger partial charge in [0.2, 0.25) is 0 Å². The maximum absolute atomic E-state index is 11.0. The third kappa shape index (κ3) is 2.15. The number of carboxylic acids is 1. The molecule has 1 unspecified atom stereocenters. The van der Waals surface area contributed by atoms with Gasteiger partial charge in [-0.15, -0.1) is 0 Å². The average Bonchev–Trinajstić information content (AvgIpc) is 2.17. The van der Waals surface area contributed by atoms with Crippen molar-refractivity contribution in [3.63, 3.8) is 0 Å². The quantitative estimate of drug-likeness (QED) is 0.789. The van der Waals surface area contributed by atoms with E-state index in [0.717, 1.165) is 11.1 Å². The van der Waals surface area contributed by atoms with Gasteiger partial charge in [0.05, 0.1) is 5.41 Å². The summed E-state index contributed by atoms with van der Waals surface area (Å²) in [5.41, 5.74) is 6.71. The highest BCUT2D eigenvalue weighted by molar-refractivity contribution is 5.75. The summed E-state index contributed by atoms with van der Waals surface area (Å²) in [6, 6.07) is 1.27. The topological polar surface area (TPSA) is 76.2 Å². The number of carbonyl (C=O) groups is 1. The van der Waals surface area contributed by atoms with Crippen molar-refractivity contribution in [2.24, 2.45) is 11.1 Å². The molecule has 1 heterocycles. The van der Waals surface area contributed by atoms with E-state index in [1.165, 1.54) is 0 Å². The van der Waals surface area contributed by atoms with Gasteiger partial charge >= 0.3 is 5.97 Å². The molecule has 0 spiro atoms. The summed E-state index contributed by atoms with van der Waals surface area (Å²) in [7, 11) is 0. The maximum atomic E-state index is 11.0. The van der Waals surface area contributed by atoms with Gasteiger partial charge in [0.25, 0.3) is 0 Å². The second-order valence-corrected chi connectivity index (χ2v) is 4.24. The van der Waals surface area contributed by atoms with Gasteiger partial charge in [0, 0.05) is 18.4 Å². The molecule has 0 fully saturated rings. The van der Waals surface area contributed by atoms with E-state index < -0.39 is 17.4 Å². The molecule has 0 aliphatic carbocycles. The molecule has 0 aliphatic rings. The summed E-state index contributed by atoms with van der Waals surface area (Å²) in [5.74, 6) is -0.904. The summed E-state index contributed by atoms with van der Waals surface area (Å²) < 4.78 is 0. The number of pyridine rings is 1. The lowest BCUT2D eigenvalue weighted by Crippen LogP contribution is -2.36. The molecule has 1 aromatic heterocycles. The molecule has 4 nitrogen and oxygen atoms in total. The van der Waals surface area contributed by atoms with Crippen LogP contribution in [0.4, 0.5) is 0 Å². The van der Waals surface area contributed by atoms with Gasteiger partial charge in [-0.25, -0.2) is 0 Å². The van der Waals surface area contributed by atoms with Crippen LogP contribution < -0.4 is 5.73 Å². The van der Waals surface area contributed by atoms with Gasteiger partial charge < -0.3 is 10.8 Å². The first kappa shape index (κ1) is 11.7. The molecule has 1 rings (SSSR count). The third-order valence-electron chi connectivity index (χ3n) is 2.74. The highest BCUT2D eigenvalue weighted by Crippen LogP contribution is 2.32. The molecular formula is C11H16N2O2. The van der Waals surface area contributed by atoms with Gasteiger partial charge in [-0.05, 0) is 38.0 Å². The molecule has 0 saturated carbocycles. The molecular weight excluding hydrogens is 192 g/mol. The van der Waals surface area contributed by atoms with E-state index in [9.17, 15) is 4.79 Å². The molecule has 4 heteroatoms. The van der Waals surface area contributed by atoms with E-state index >= 15 is 0 Å². The number of nitrogens with zero attached hydrogens (tertiary/aromatic N) is 1. The summed E-state index contributed by atoms with van der Waals surface area (Å²) in [4.78, 5) is 15.0. The number of hydrogen-bond donors (Lipinski definition) is 2. The largest absolute Gasteiger partial charge is 0.481 e. The van der Waals surface area contributed by atoms with Crippen LogP contribution in [0.15, 0.2) is 18.5 Å². The summed E-state index contributed by atoms with van der Waals surface area (Å²) in [6.45, 7) is 5.13. The number of aliphatic carboxylic acids is 1. The Bertz CT molecular complexity index is 375. The van der Waals surface area contributed by atoms with Crippen LogP contribution in [-0.2, 0) is 4.79 Å². The average molecular weight is 208 g/mol. The number of nitrogens with two attached hydrogens (primary N) is 1. The van der Waals surface area contributed by atoms with Crippen molar-refractivity contribution < 1.29 is 9.90 Å². The lowest BCUT2D eigenvalue weighted by molar-refractivity contribution is -0.148. The van der Waals surface area contributed by atoms with Gasteiger partial charge in [0.1, 0.15) is 0 Å². The number of aryl methyl sites for hydroxylation is 1. The first-order valence-electron chi connectivity index (χ1n) is 4.77. The molecule has 1 atom stereocenters. The zero-order valence-corrected chi connectivity index (χ0v) is 9.19. The van der Waals surface area contributed by atoms with Crippen LogP contribution in [0.2, 0.25) is 0 Å². The first-order valence-corrected chi connectivity index (χ1v) is 4.77. The zero-order valence-electron chi connectivity index (χ0n) is 9.19. The monoisotopic (exact) mass is 208 g/mol. The molecule has 0 saturated heterocycles. The number of carboxylic acid groups (broad SMARTS) is 1. The van der Waals surface area contributed by atoms with Crippen LogP contribution in [0.25, 0.3) is 0 Å². The van der Waals surface area contributed by atoms with Gasteiger partial charge in [-0.1, -0.05) is 0 Å². The zero-order chi connectivity index (χ0) is 11.6.